The number of hydrogen-bond donors (Lipinski definition) is 1. The Bertz CT molecular complexity index is 463. The molecule has 0 bridgehead atoms. The van der Waals surface area contributed by atoms with Crippen molar-refractivity contribution in [2.24, 2.45) is 0 Å². The third-order valence-electron chi connectivity index (χ3n) is 4.59. The molecule has 0 aromatic heterocycles. The van der Waals surface area contributed by atoms with E-state index in [1.54, 1.807) is 12.1 Å². The van der Waals surface area contributed by atoms with Gasteiger partial charge in [-0.3, -0.25) is 4.90 Å². The molecule has 2 N–H and O–H groups in total. The van der Waals surface area contributed by atoms with Crippen molar-refractivity contribution in [3.05, 3.63) is 24.0 Å². The molecule has 2 fully saturated rings. The average Bonchev–Trinajstić information content (AvgIpc) is 3.01. The van der Waals surface area contributed by atoms with E-state index in [4.69, 9.17) is 5.73 Å². The van der Waals surface area contributed by atoms with E-state index in [0.29, 0.717) is 12.1 Å². The van der Waals surface area contributed by atoms with E-state index in [0.717, 1.165) is 18.8 Å². The first-order valence-corrected chi connectivity index (χ1v) is 7.21. The molecular formula is C15H22FN3. The number of rotatable bonds is 2. The smallest absolute Gasteiger partial charge is 0.148 e. The van der Waals surface area contributed by atoms with Crippen molar-refractivity contribution in [3.63, 3.8) is 0 Å². The van der Waals surface area contributed by atoms with E-state index in [1.165, 1.54) is 25.8 Å². The highest BCUT2D eigenvalue weighted by molar-refractivity contribution is 5.54. The molecule has 2 atom stereocenters. The van der Waals surface area contributed by atoms with E-state index >= 15 is 0 Å². The monoisotopic (exact) mass is 263 g/mol. The number of benzene rings is 1. The number of nitrogens with zero attached hydrogens (tertiary/aromatic N) is 2. The van der Waals surface area contributed by atoms with Gasteiger partial charge in [-0.1, -0.05) is 0 Å². The van der Waals surface area contributed by atoms with E-state index in [1.807, 2.05) is 6.07 Å². The number of likely N-dealkylation sites (tertiary alicyclic amines) is 1. The van der Waals surface area contributed by atoms with Crippen LogP contribution in [0.2, 0.25) is 0 Å². The molecule has 2 aliphatic rings. The Morgan fingerprint density at radius 2 is 2.11 bits per heavy atom. The van der Waals surface area contributed by atoms with Crippen molar-refractivity contribution in [3.8, 4) is 0 Å². The van der Waals surface area contributed by atoms with Gasteiger partial charge >= 0.3 is 0 Å². The minimum Gasteiger partial charge on any atom is -0.396 e. The topological polar surface area (TPSA) is 32.5 Å². The molecule has 3 nitrogen and oxygen atoms in total. The highest BCUT2D eigenvalue weighted by atomic mass is 19.1. The predicted molar refractivity (Wildman–Crippen MR) is 76.8 cm³/mol. The summed E-state index contributed by atoms with van der Waals surface area (Å²) >= 11 is 0. The van der Waals surface area contributed by atoms with Gasteiger partial charge in [0.25, 0.3) is 0 Å². The first-order chi connectivity index (χ1) is 9.15. The molecule has 0 amide bonds. The number of nitrogens with two attached hydrogens (primary N) is 1. The standard InChI is InChI=1S/C15H22FN3/c1-11-3-2-7-19(11)13-6-8-18(10-13)12-4-5-15(17)14(16)9-12/h4-5,9,11,13H,2-3,6-8,10,17H2,1H3. The fourth-order valence-electron chi connectivity index (χ4n) is 3.46. The number of anilines is 2. The normalized spacial score (nSPS) is 28.2. The van der Waals surface area contributed by atoms with Gasteiger partial charge in [0.2, 0.25) is 0 Å². The maximum Gasteiger partial charge on any atom is 0.148 e. The zero-order valence-corrected chi connectivity index (χ0v) is 11.5. The van der Waals surface area contributed by atoms with Crippen LogP contribution in [0.15, 0.2) is 18.2 Å². The summed E-state index contributed by atoms with van der Waals surface area (Å²) < 4.78 is 13.5. The van der Waals surface area contributed by atoms with Gasteiger partial charge in [0.05, 0.1) is 5.69 Å². The molecule has 2 unspecified atom stereocenters. The molecule has 3 rings (SSSR count). The summed E-state index contributed by atoms with van der Waals surface area (Å²) in [4.78, 5) is 4.89. The zero-order chi connectivity index (χ0) is 13.4. The molecule has 2 aliphatic heterocycles. The van der Waals surface area contributed by atoms with Gasteiger partial charge in [-0.15, -0.1) is 0 Å². The van der Waals surface area contributed by atoms with Gasteiger partial charge in [-0.2, -0.15) is 0 Å². The van der Waals surface area contributed by atoms with Crippen LogP contribution in [0.1, 0.15) is 26.2 Å². The highest BCUT2D eigenvalue weighted by Gasteiger charge is 2.32. The third kappa shape index (κ3) is 2.41. The lowest BCUT2D eigenvalue weighted by Crippen LogP contribution is -2.39. The molecule has 2 saturated heterocycles. The van der Waals surface area contributed by atoms with Crippen LogP contribution in [0, 0.1) is 5.82 Å². The molecule has 1 aromatic carbocycles. The molecule has 19 heavy (non-hydrogen) atoms. The Morgan fingerprint density at radius 3 is 2.79 bits per heavy atom. The SMILES string of the molecule is CC1CCCN1C1CCN(c2ccc(N)c(F)c2)C1. The predicted octanol–water partition coefficient (Wildman–Crippen LogP) is 2.47. The van der Waals surface area contributed by atoms with E-state index in [-0.39, 0.29) is 11.5 Å². The van der Waals surface area contributed by atoms with Gasteiger partial charge < -0.3 is 10.6 Å². The average molecular weight is 263 g/mol. The fourth-order valence-corrected chi connectivity index (χ4v) is 3.46. The lowest BCUT2D eigenvalue weighted by molar-refractivity contribution is 0.204. The molecule has 1 aromatic rings. The summed E-state index contributed by atoms with van der Waals surface area (Å²) in [6, 6.07) is 6.47. The maximum absolute atomic E-state index is 13.5. The molecule has 2 heterocycles. The summed E-state index contributed by atoms with van der Waals surface area (Å²) in [6.45, 7) is 5.55. The van der Waals surface area contributed by atoms with Crippen LogP contribution in [0.25, 0.3) is 0 Å². The largest absolute Gasteiger partial charge is 0.396 e. The summed E-state index contributed by atoms with van der Waals surface area (Å²) in [7, 11) is 0. The molecule has 0 saturated carbocycles. The molecule has 0 aliphatic carbocycles. The first kappa shape index (κ1) is 12.7. The molecule has 0 spiro atoms. The summed E-state index contributed by atoms with van der Waals surface area (Å²) in [5.41, 5.74) is 6.72. The Morgan fingerprint density at radius 1 is 1.26 bits per heavy atom. The molecule has 104 valence electrons. The van der Waals surface area contributed by atoms with Crippen molar-refractivity contribution >= 4 is 11.4 Å². The van der Waals surface area contributed by atoms with Crippen LogP contribution in [0.5, 0.6) is 0 Å². The van der Waals surface area contributed by atoms with E-state index < -0.39 is 0 Å². The number of hydrogen-bond acceptors (Lipinski definition) is 3. The first-order valence-electron chi connectivity index (χ1n) is 7.21. The number of nitrogen functional groups attached to an aromatic ring is 1. The molecule has 4 heteroatoms. The second kappa shape index (κ2) is 5.00. The van der Waals surface area contributed by atoms with Gasteiger partial charge in [-0.25, -0.2) is 4.39 Å². The van der Waals surface area contributed by atoms with Gasteiger partial charge in [-0.05, 0) is 50.9 Å². The van der Waals surface area contributed by atoms with Crippen LogP contribution in [-0.4, -0.2) is 36.6 Å². The van der Waals surface area contributed by atoms with Gasteiger partial charge in [0.1, 0.15) is 5.82 Å². The minimum atomic E-state index is -0.310. The van der Waals surface area contributed by atoms with Crippen molar-refractivity contribution in [2.45, 2.75) is 38.3 Å². The second-order valence-corrected chi connectivity index (χ2v) is 5.82. The van der Waals surface area contributed by atoms with Crippen LogP contribution in [-0.2, 0) is 0 Å². The van der Waals surface area contributed by atoms with Crippen LogP contribution in [0.4, 0.5) is 15.8 Å². The van der Waals surface area contributed by atoms with Crippen LogP contribution >= 0.6 is 0 Å². The maximum atomic E-state index is 13.5. The molecular weight excluding hydrogens is 241 g/mol. The zero-order valence-electron chi connectivity index (χ0n) is 11.5. The van der Waals surface area contributed by atoms with Crippen molar-refractivity contribution in [1.82, 2.24) is 4.90 Å². The summed E-state index contributed by atoms with van der Waals surface area (Å²) in [5, 5.41) is 0. The van der Waals surface area contributed by atoms with Gasteiger partial charge in [0, 0.05) is 30.9 Å². The lowest BCUT2D eigenvalue weighted by atomic mass is 10.2. The number of halogens is 1. The summed E-state index contributed by atoms with van der Waals surface area (Å²) in [6.07, 6.45) is 3.80. The lowest BCUT2D eigenvalue weighted by Gasteiger charge is -2.28. The summed E-state index contributed by atoms with van der Waals surface area (Å²) in [5.74, 6) is -0.310. The third-order valence-corrected chi connectivity index (χ3v) is 4.59. The van der Waals surface area contributed by atoms with Crippen molar-refractivity contribution < 1.29 is 4.39 Å². The van der Waals surface area contributed by atoms with Crippen molar-refractivity contribution in [1.29, 1.82) is 0 Å². The fraction of sp³-hybridized carbons (Fsp3) is 0.600. The van der Waals surface area contributed by atoms with E-state index in [9.17, 15) is 4.39 Å². The molecule has 0 radical (unpaired) electrons. The highest BCUT2D eigenvalue weighted by Crippen LogP contribution is 2.29. The Hall–Kier alpha value is -1.29. The Kier molecular flexibility index (Phi) is 3.35. The minimum absolute atomic E-state index is 0.229. The van der Waals surface area contributed by atoms with Gasteiger partial charge in [0.15, 0.2) is 0 Å². The Labute approximate surface area is 114 Å². The quantitative estimate of drug-likeness (QED) is 0.832. The second-order valence-electron chi connectivity index (χ2n) is 5.82. The van der Waals surface area contributed by atoms with Crippen LogP contribution in [0.3, 0.4) is 0 Å². The van der Waals surface area contributed by atoms with Crippen LogP contribution < -0.4 is 10.6 Å². The Balaban J connectivity index is 1.69. The van der Waals surface area contributed by atoms with Crippen molar-refractivity contribution in [2.75, 3.05) is 30.3 Å². The van der Waals surface area contributed by atoms with E-state index in [2.05, 4.69) is 16.7 Å².